The third kappa shape index (κ3) is 3.37. The highest BCUT2D eigenvalue weighted by atomic mass is 16.5. The van der Waals surface area contributed by atoms with Gasteiger partial charge in [0.15, 0.2) is 11.5 Å². The minimum Gasteiger partial charge on any atom is -0.493 e. The first-order chi connectivity index (χ1) is 14.7. The van der Waals surface area contributed by atoms with Gasteiger partial charge in [0.2, 0.25) is 0 Å². The number of para-hydroxylation sites is 1. The van der Waals surface area contributed by atoms with Gasteiger partial charge in [0.25, 0.3) is 5.91 Å². The fourth-order valence-corrected chi connectivity index (χ4v) is 3.51. The molecule has 6 heteroatoms. The minimum atomic E-state index is -0.189. The smallest absolute Gasteiger partial charge is 0.267 e. The number of benzene rings is 2. The molecule has 2 heterocycles. The number of carbonyl (C=O) groups excluding carboxylic acids is 1. The van der Waals surface area contributed by atoms with E-state index in [2.05, 4.69) is 4.98 Å². The summed E-state index contributed by atoms with van der Waals surface area (Å²) in [5.41, 5.74) is 2.97. The molecule has 0 fully saturated rings. The predicted molar refractivity (Wildman–Crippen MR) is 116 cm³/mol. The Morgan fingerprint density at radius 2 is 1.77 bits per heavy atom. The number of ether oxygens (including phenoxy) is 3. The van der Waals surface area contributed by atoms with Gasteiger partial charge in [-0.15, -0.1) is 0 Å². The van der Waals surface area contributed by atoms with Crippen molar-refractivity contribution in [3.05, 3.63) is 72.6 Å². The fourth-order valence-electron chi connectivity index (χ4n) is 3.51. The Morgan fingerprint density at radius 3 is 2.53 bits per heavy atom. The summed E-state index contributed by atoms with van der Waals surface area (Å²) in [4.78, 5) is 17.7. The minimum absolute atomic E-state index is 0.189. The van der Waals surface area contributed by atoms with Gasteiger partial charge in [-0.05, 0) is 54.4 Å². The molecule has 0 atom stereocenters. The highest BCUT2D eigenvalue weighted by Crippen LogP contribution is 2.35. The molecule has 0 unspecified atom stereocenters. The average Bonchev–Trinajstić information content (AvgIpc) is 3.23. The fraction of sp³-hybridized carbons (Fsp3) is 0.167. The molecule has 152 valence electrons. The Hall–Kier alpha value is -3.80. The van der Waals surface area contributed by atoms with Gasteiger partial charge in [-0.25, -0.2) is 4.98 Å². The van der Waals surface area contributed by atoms with Gasteiger partial charge in [-0.2, -0.15) is 0 Å². The van der Waals surface area contributed by atoms with Crippen LogP contribution in [0.4, 0.5) is 0 Å². The van der Waals surface area contributed by atoms with E-state index in [0.717, 1.165) is 16.5 Å². The van der Waals surface area contributed by atoms with E-state index in [1.165, 1.54) is 0 Å². The number of methoxy groups -OCH3 is 2. The average molecular weight is 402 g/mol. The number of carbonyl (C=O) groups is 1. The number of aromatic nitrogens is 2. The van der Waals surface area contributed by atoms with Crippen LogP contribution in [0, 0.1) is 0 Å². The number of hydrogen-bond acceptors (Lipinski definition) is 5. The molecule has 0 bridgehead atoms. The van der Waals surface area contributed by atoms with Crippen LogP contribution >= 0.6 is 0 Å². The number of fused-ring (bicyclic) bond motifs is 1. The first-order valence-corrected chi connectivity index (χ1v) is 9.63. The lowest BCUT2D eigenvalue weighted by Crippen LogP contribution is -2.13. The molecule has 4 rings (SSSR count). The molecule has 2 aromatic heterocycles. The molecule has 0 N–H and O–H groups in total. The molecule has 0 radical (unpaired) electrons. The van der Waals surface area contributed by atoms with Gasteiger partial charge >= 0.3 is 0 Å². The van der Waals surface area contributed by atoms with Crippen LogP contribution in [-0.4, -0.2) is 36.3 Å². The second kappa shape index (κ2) is 8.29. The lowest BCUT2D eigenvalue weighted by Gasteiger charge is -2.11. The maximum atomic E-state index is 13.3. The topological polar surface area (TPSA) is 62.6 Å². The molecule has 0 spiro atoms. The zero-order chi connectivity index (χ0) is 21.1. The van der Waals surface area contributed by atoms with Crippen molar-refractivity contribution in [3.63, 3.8) is 0 Å². The van der Waals surface area contributed by atoms with Crippen molar-refractivity contribution in [3.8, 4) is 28.4 Å². The summed E-state index contributed by atoms with van der Waals surface area (Å²) in [6.07, 6.45) is 3.44. The molecule has 0 aliphatic rings. The van der Waals surface area contributed by atoms with E-state index in [4.69, 9.17) is 14.2 Å². The van der Waals surface area contributed by atoms with Gasteiger partial charge in [-0.1, -0.05) is 18.2 Å². The molecule has 30 heavy (non-hydrogen) atoms. The summed E-state index contributed by atoms with van der Waals surface area (Å²) in [5.74, 6) is 1.67. The van der Waals surface area contributed by atoms with Crippen LogP contribution in [0.25, 0.3) is 22.2 Å². The summed E-state index contributed by atoms with van der Waals surface area (Å²) in [7, 11) is 3.21. The Morgan fingerprint density at radius 1 is 0.967 bits per heavy atom. The Labute approximate surface area is 174 Å². The maximum Gasteiger partial charge on any atom is 0.267 e. The van der Waals surface area contributed by atoms with E-state index in [1.54, 1.807) is 43.3 Å². The molecular formula is C24H22N2O4. The second-order valence-electron chi connectivity index (χ2n) is 6.59. The first kappa shape index (κ1) is 19.5. The van der Waals surface area contributed by atoms with E-state index in [0.29, 0.717) is 35.1 Å². The quantitative estimate of drug-likeness (QED) is 0.463. The van der Waals surface area contributed by atoms with E-state index in [9.17, 15) is 4.79 Å². The van der Waals surface area contributed by atoms with Crippen molar-refractivity contribution in [2.24, 2.45) is 0 Å². The largest absolute Gasteiger partial charge is 0.493 e. The van der Waals surface area contributed by atoms with Crippen molar-refractivity contribution < 1.29 is 19.0 Å². The standard InChI is InChI=1S/C24H22N2O4/c1-4-30-20-8-6-5-7-19(20)24(27)26-14-12-18-17(11-13-25-23(18)26)16-9-10-21(28-2)22(15-16)29-3/h5-15H,4H2,1-3H3. The number of nitrogens with zero attached hydrogens (tertiary/aromatic N) is 2. The van der Waals surface area contributed by atoms with Crippen LogP contribution in [0.5, 0.6) is 17.2 Å². The molecule has 0 amide bonds. The van der Waals surface area contributed by atoms with Crippen LogP contribution in [0.15, 0.2) is 67.0 Å². The molecule has 0 aliphatic heterocycles. The molecule has 0 saturated carbocycles. The van der Waals surface area contributed by atoms with Gasteiger partial charge in [0, 0.05) is 17.8 Å². The van der Waals surface area contributed by atoms with Crippen molar-refractivity contribution in [1.82, 2.24) is 9.55 Å². The summed E-state index contributed by atoms with van der Waals surface area (Å²) >= 11 is 0. The zero-order valence-corrected chi connectivity index (χ0v) is 17.1. The van der Waals surface area contributed by atoms with E-state index in [1.807, 2.05) is 49.4 Å². The Balaban J connectivity index is 1.81. The number of pyridine rings is 1. The third-order valence-electron chi connectivity index (χ3n) is 4.92. The second-order valence-corrected chi connectivity index (χ2v) is 6.59. The van der Waals surface area contributed by atoms with Crippen molar-refractivity contribution in [1.29, 1.82) is 0 Å². The molecule has 4 aromatic rings. The Kier molecular flexibility index (Phi) is 5.39. The lowest BCUT2D eigenvalue weighted by molar-refractivity contribution is 0.0960. The van der Waals surface area contributed by atoms with Crippen LogP contribution in [0.2, 0.25) is 0 Å². The van der Waals surface area contributed by atoms with Crippen LogP contribution in [0.3, 0.4) is 0 Å². The third-order valence-corrected chi connectivity index (χ3v) is 4.92. The molecule has 2 aromatic carbocycles. The lowest BCUT2D eigenvalue weighted by atomic mass is 10.0. The van der Waals surface area contributed by atoms with Crippen LogP contribution in [-0.2, 0) is 0 Å². The predicted octanol–water partition coefficient (Wildman–Crippen LogP) is 4.81. The molecular weight excluding hydrogens is 380 g/mol. The van der Waals surface area contributed by atoms with Crippen LogP contribution < -0.4 is 14.2 Å². The maximum absolute atomic E-state index is 13.3. The van der Waals surface area contributed by atoms with Gasteiger partial charge in [-0.3, -0.25) is 9.36 Å². The van der Waals surface area contributed by atoms with E-state index in [-0.39, 0.29) is 5.91 Å². The summed E-state index contributed by atoms with van der Waals surface area (Å²) in [5, 5.41) is 0.868. The molecule has 0 aliphatic carbocycles. The van der Waals surface area contributed by atoms with Gasteiger partial charge in [0.1, 0.15) is 11.4 Å². The summed E-state index contributed by atoms with van der Waals surface area (Å²) in [6, 6.07) is 16.8. The highest BCUT2D eigenvalue weighted by molar-refractivity contribution is 6.05. The van der Waals surface area contributed by atoms with Crippen molar-refractivity contribution >= 4 is 16.9 Å². The van der Waals surface area contributed by atoms with Crippen molar-refractivity contribution in [2.75, 3.05) is 20.8 Å². The van der Waals surface area contributed by atoms with Crippen molar-refractivity contribution in [2.45, 2.75) is 6.92 Å². The highest BCUT2D eigenvalue weighted by Gasteiger charge is 2.18. The van der Waals surface area contributed by atoms with Crippen LogP contribution in [0.1, 0.15) is 17.3 Å². The summed E-state index contributed by atoms with van der Waals surface area (Å²) < 4.78 is 17.9. The summed E-state index contributed by atoms with van der Waals surface area (Å²) in [6.45, 7) is 2.38. The molecule has 0 saturated heterocycles. The normalized spacial score (nSPS) is 10.8. The zero-order valence-electron chi connectivity index (χ0n) is 17.1. The van der Waals surface area contributed by atoms with Gasteiger partial charge in [0.05, 0.1) is 26.4 Å². The number of rotatable bonds is 6. The molecule has 6 nitrogen and oxygen atoms in total. The van der Waals surface area contributed by atoms with E-state index >= 15 is 0 Å². The van der Waals surface area contributed by atoms with Gasteiger partial charge < -0.3 is 14.2 Å². The number of hydrogen-bond donors (Lipinski definition) is 0. The Bertz CT molecular complexity index is 1210. The SMILES string of the molecule is CCOc1ccccc1C(=O)n1ccc2c(-c3ccc(OC)c(OC)c3)ccnc21. The van der Waals surface area contributed by atoms with E-state index < -0.39 is 0 Å². The monoisotopic (exact) mass is 402 g/mol. The first-order valence-electron chi connectivity index (χ1n) is 9.63.